The summed E-state index contributed by atoms with van der Waals surface area (Å²) in [6.07, 6.45) is 1.75. The number of aromatic nitrogens is 1. The average Bonchev–Trinajstić information content (AvgIpc) is 2.53. The van der Waals surface area contributed by atoms with E-state index in [4.69, 9.17) is 28.9 Å². The third kappa shape index (κ3) is 4.52. The van der Waals surface area contributed by atoms with Gasteiger partial charge >= 0.3 is 0 Å². The standard InChI is InChI=1S/C17H20Cl2N4O/c1-3-23-8-4-5-12(16(23)24)10-21-17(20)22-11(2)14-7-6-13(18)9-15(14)19/h4-9,11H,3,10H2,1-2H3,(H3,20,21,22). The van der Waals surface area contributed by atoms with Crippen molar-refractivity contribution >= 4 is 29.2 Å². The molecule has 2 rings (SSSR count). The maximum atomic E-state index is 12.1. The molecule has 1 unspecified atom stereocenters. The highest BCUT2D eigenvalue weighted by molar-refractivity contribution is 6.35. The van der Waals surface area contributed by atoms with E-state index < -0.39 is 0 Å². The molecule has 0 radical (unpaired) electrons. The van der Waals surface area contributed by atoms with E-state index in [0.717, 1.165) is 5.56 Å². The molecule has 0 amide bonds. The molecule has 0 aliphatic carbocycles. The molecule has 0 aliphatic heterocycles. The van der Waals surface area contributed by atoms with Crippen LogP contribution in [0, 0.1) is 0 Å². The zero-order valence-electron chi connectivity index (χ0n) is 13.6. The lowest BCUT2D eigenvalue weighted by Crippen LogP contribution is -2.34. The number of benzene rings is 1. The molecule has 2 aromatic rings. The van der Waals surface area contributed by atoms with E-state index in [-0.39, 0.29) is 24.1 Å². The van der Waals surface area contributed by atoms with Gasteiger partial charge in [0, 0.05) is 28.4 Å². The molecule has 24 heavy (non-hydrogen) atoms. The molecule has 0 fully saturated rings. The van der Waals surface area contributed by atoms with E-state index in [1.165, 1.54) is 0 Å². The second-order valence-electron chi connectivity index (χ2n) is 5.36. The number of hydrogen-bond donors (Lipinski definition) is 2. The van der Waals surface area contributed by atoms with Gasteiger partial charge in [-0.1, -0.05) is 35.3 Å². The smallest absolute Gasteiger partial charge is 0.255 e. The van der Waals surface area contributed by atoms with Crippen LogP contribution in [0.3, 0.4) is 0 Å². The predicted octanol–water partition coefficient (Wildman–Crippen LogP) is 3.34. The van der Waals surface area contributed by atoms with Crippen LogP contribution in [0.15, 0.2) is 46.3 Å². The molecule has 0 saturated heterocycles. The first-order valence-corrected chi connectivity index (χ1v) is 8.37. The van der Waals surface area contributed by atoms with Gasteiger partial charge in [0.2, 0.25) is 0 Å². The number of rotatable bonds is 5. The van der Waals surface area contributed by atoms with E-state index >= 15 is 0 Å². The van der Waals surface area contributed by atoms with Crippen LogP contribution in [-0.2, 0) is 13.1 Å². The van der Waals surface area contributed by atoms with Gasteiger partial charge < -0.3 is 15.6 Å². The van der Waals surface area contributed by atoms with Gasteiger partial charge in [0.1, 0.15) is 0 Å². The molecule has 1 heterocycles. The Bertz CT molecular complexity index is 801. The first kappa shape index (κ1) is 18.4. The third-order valence-electron chi connectivity index (χ3n) is 3.65. The van der Waals surface area contributed by atoms with E-state index in [1.807, 2.05) is 26.0 Å². The minimum atomic E-state index is -0.137. The molecule has 0 spiro atoms. The largest absolute Gasteiger partial charge is 0.370 e. The van der Waals surface area contributed by atoms with Crippen molar-refractivity contribution in [2.24, 2.45) is 10.7 Å². The number of pyridine rings is 1. The highest BCUT2D eigenvalue weighted by Crippen LogP contribution is 2.25. The number of nitrogens with two attached hydrogens (primary N) is 1. The maximum Gasteiger partial charge on any atom is 0.255 e. The summed E-state index contributed by atoms with van der Waals surface area (Å²) in [4.78, 5) is 16.4. The highest BCUT2D eigenvalue weighted by Gasteiger charge is 2.11. The van der Waals surface area contributed by atoms with Crippen molar-refractivity contribution in [3.8, 4) is 0 Å². The predicted molar refractivity (Wildman–Crippen MR) is 99.7 cm³/mol. The fourth-order valence-electron chi connectivity index (χ4n) is 2.32. The number of hydrogen-bond acceptors (Lipinski definition) is 2. The van der Waals surface area contributed by atoms with Gasteiger partial charge in [-0.25, -0.2) is 4.99 Å². The van der Waals surface area contributed by atoms with Gasteiger partial charge in [0.15, 0.2) is 5.96 Å². The Hall–Kier alpha value is -1.98. The Kier molecular flexibility index (Phi) is 6.29. The topological polar surface area (TPSA) is 72.4 Å². The minimum absolute atomic E-state index is 0.0506. The van der Waals surface area contributed by atoms with Crippen LogP contribution in [0.5, 0.6) is 0 Å². The van der Waals surface area contributed by atoms with Crippen molar-refractivity contribution in [1.82, 2.24) is 9.88 Å². The fraction of sp³-hybridized carbons (Fsp3) is 0.294. The molecule has 0 bridgehead atoms. The fourth-order valence-corrected chi connectivity index (χ4v) is 2.90. The average molecular weight is 367 g/mol. The van der Waals surface area contributed by atoms with E-state index in [0.29, 0.717) is 22.2 Å². The van der Waals surface area contributed by atoms with Crippen LogP contribution in [0.4, 0.5) is 0 Å². The number of halogens is 2. The second kappa shape index (κ2) is 8.22. The lowest BCUT2D eigenvalue weighted by molar-refractivity contribution is 0.702. The quantitative estimate of drug-likeness (QED) is 0.629. The Morgan fingerprint density at radius 1 is 1.38 bits per heavy atom. The molecule has 128 valence electrons. The summed E-state index contributed by atoms with van der Waals surface area (Å²) < 4.78 is 1.63. The van der Waals surface area contributed by atoms with Gasteiger partial charge in [-0.05, 0) is 37.6 Å². The second-order valence-corrected chi connectivity index (χ2v) is 6.20. The molecular weight excluding hydrogens is 347 g/mol. The number of aliphatic imine (C=N–C) groups is 1. The Morgan fingerprint density at radius 2 is 2.12 bits per heavy atom. The summed E-state index contributed by atoms with van der Waals surface area (Å²) in [6, 6.07) is 8.74. The Balaban J connectivity index is 2.08. The highest BCUT2D eigenvalue weighted by atomic mass is 35.5. The van der Waals surface area contributed by atoms with Gasteiger partial charge in [-0.15, -0.1) is 0 Å². The summed E-state index contributed by atoms with van der Waals surface area (Å²) in [6.45, 7) is 4.68. The van der Waals surface area contributed by atoms with E-state index in [9.17, 15) is 4.79 Å². The maximum absolute atomic E-state index is 12.1. The zero-order valence-corrected chi connectivity index (χ0v) is 15.1. The summed E-state index contributed by atoms with van der Waals surface area (Å²) in [5.74, 6) is 0.250. The van der Waals surface area contributed by atoms with Gasteiger partial charge in [-0.3, -0.25) is 4.79 Å². The summed E-state index contributed by atoms with van der Waals surface area (Å²) in [5, 5.41) is 4.20. The molecular formula is C17H20Cl2N4O. The van der Waals surface area contributed by atoms with Gasteiger partial charge in [-0.2, -0.15) is 0 Å². The van der Waals surface area contributed by atoms with Crippen LogP contribution in [0.25, 0.3) is 0 Å². The van der Waals surface area contributed by atoms with E-state index in [1.54, 1.807) is 29.0 Å². The van der Waals surface area contributed by atoms with Gasteiger partial charge in [0.05, 0.1) is 12.6 Å². The van der Waals surface area contributed by atoms with Crippen molar-refractivity contribution in [3.63, 3.8) is 0 Å². The minimum Gasteiger partial charge on any atom is -0.370 e. The zero-order chi connectivity index (χ0) is 17.7. The molecule has 7 heteroatoms. The first-order chi connectivity index (χ1) is 11.4. The van der Waals surface area contributed by atoms with Crippen LogP contribution in [0.1, 0.15) is 31.0 Å². The third-order valence-corrected chi connectivity index (χ3v) is 4.22. The molecule has 3 N–H and O–H groups in total. The van der Waals surface area contributed by atoms with Crippen molar-refractivity contribution in [1.29, 1.82) is 0 Å². The Morgan fingerprint density at radius 3 is 2.79 bits per heavy atom. The molecule has 1 atom stereocenters. The van der Waals surface area contributed by atoms with Crippen LogP contribution < -0.4 is 16.6 Å². The van der Waals surface area contributed by atoms with Crippen LogP contribution >= 0.6 is 23.2 Å². The van der Waals surface area contributed by atoms with Crippen LogP contribution in [-0.4, -0.2) is 10.5 Å². The normalized spacial score (nSPS) is 12.9. The van der Waals surface area contributed by atoms with Crippen LogP contribution in [0.2, 0.25) is 10.0 Å². The molecule has 1 aromatic carbocycles. The Labute approximate surface area is 151 Å². The number of guanidine groups is 1. The lowest BCUT2D eigenvalue weighted by Gasteiger charge is -2.16. The van der Waals surface area contributed by atoms with Crippen molar-refractivity contribution in [2.45, 2.75) is 33.0 Å². The number of aryl methyl sites for hydroxylation is 1. The van der Waals surface area contributed by atoms with E-state index in [2.05, 4.69) is 10.3 Å². The summed E-state index contributed by atoms with van der Waals surface area (Å²) in [7, 11) is 0. The lowest BCUT2D eigenvalue weighted by atomic mass is 10.1. The molecule has 0 aliphatic rings. The monoisotopic (exact) mass is 366 g/mol. The van der Waals surface area contributed by atoms with Crippen molar-refractivity contribution in [2.75, 3.05) is 0 Å². The van der Waals surface area contributed by atoms with Gasteiger partial charge in [0.25, 0.3) is 5.56 Å². The molecule has 0 saturated carbocycles. The molecule has 1 aromatic heterocycles. The first-order valence-electron chi connectivity index (χ1n) is 7.62. The summed E-state index contributed by atoms with van der Waals surface area (Å²) >= 11 is 12.1. The van der Waals surface area contributed by atoms with Crippen molar-refractivity contribution in [3.05, 3.63) is 68.1 Å². The number of nitrogens with one attached hydrogen (secondary N) is 1. The molecule has 5 nitrogen and oxygen atoms in total. The SMILES string of the molecule is CCn1cccc(CN=C(N)NC(C)c2ccc(Cl)cc2Cl)c1=O. The van der Waals surface area contributed by atoms with Crippen molar-refractivity contribution < 1.29 is 0 Å². The summed E-state index contributed by atoms with van der Waals surface area (Å²) in [5.41, 5.74) is 7.34. The number of nitrogens with zero attached hydrogens (tertiary/aromatic N) is 2.